The lowest BCUT2D eigenvalue weighted by Gasteiger charge is -2.15. The molecule has 6 nitrogen and oxygen atoms in total. The number of carbonyl (C=O) groups is 2. The molecule has 2 aliphatic rings. The average molecular weight is 441 g/mol. The maximum Gasteiger partial charge on any atom is 0.363 e. The molecule has 0 bridgehead atoms. The minimum atomic E-state index is -0.518. The molecule has 1 fully saturated rings. The van der Waals surface area contributed by atoms with E-state index in [1.807, 2.05) is 24.3 Å². The zero-order chi connectivity index (χ0) is 19.7. The number of carbonyl (C=O) groups excluding carboxylic acids is 2. The van der Waals surface area contributed by atoms with Gasteiger partial charge in [-0.1, -0.05) is 15.9 Å². The quantitative estimate of drug-likeness (QED) is 0.533. The van der Waals surface area contributed by atoms with Crippen molar-refractivity contribution >= 4 is 45.5 Å². The van der Waals surface area contributed by atoms with Crippen LogP contribution in [0.2, 0.25) is 0 Å². The molecule has 2 heterocycles. The Kier molecular flexibility index (Phi) is 5.00. The summed E-state index contributed by atoms with van der Waals surface area (Å²) in [7, 11) is 1.57. The lowest BCUT2D eigenvalue weighted by atomic mass is 10.1. The molecule has 0 atom stereocenters. The van der Waals surface area contributed by atoms with Crippen LogP contribution in [0.1, 0.15) is 24.0 Å². The number of anilines is 1. The number of ether oxygens (including phenoxy) is 2. The van der Waals surface area contributed by atoms with Gasteiger partial charge in [-0.3, -0.25) is 4.79 Å². The maximum absolute atomic E-state index is 12.3. The third kappa shape index (κ3) is 3.57. The van der Waals surface area contributed by atoms with E-state index in [2.05, 4.69) is 20.9 Å². The first kappa shape index (κ1) is 18.4. The van der Waals surface area contributed by atoms with E-state index in [4.69, 9.17) is 9.47 Å². The second kappa shape index (κ2) is 7.59. The zero-order valence-corrected chi connectivity index (χ0v) is 16.7. The Balaban J connectivity index is 1.61. The van der Waals surface area contributed by atoms with Crippen molar-refractivity contribution in [3.05, 3.63) is 63.8 Å². The number of methoxy groups -OCH3 is 1. The molecule has 2 aliphatic heterocycles. The van der Waals surface area contributed by atoms with Gasteiger partial charge in [-0.25, -0.2) is 9.79 Å². The molecule has 1 amide bonds. The molecule has 0 radical (unpaired) electrons. The Labute approximate surface area is 170 Å². The van der Waals surface area contributed by atoms with Crippen molar-refractivity contribution in [1.29, 1.82) is 0 Å². The van der Waals surface area contributed by atoms with Gasteiger partial charge in [0, 0.05) is 34.3 Å². The second-order valence-corrected chi connectivity index (χ2v) is 7.33. The fourth-order valence-corrected chi connectivity index (χ4v) is 3.58. The van der Waals surface area contributed by atoms with Gasteiger partial charge in [0.05, 0.1) is 7.11 Å². The molecule has 4 rings (SSSR count). The zero-order valence-electron chi connectivity index (χ0n) is 15.1. The largest absolute Gasteiger partial charge is 0.496 e. The Hall–Kier alpha value is -2.93. The van der Waals surface area contributed by atoms with Crippen LogP contribution in [0.5, 0.6) is 5.75 Å². The molecule has 0 unspecified atom stereocenters. The van der Waals surface area contributed by atoms with Gasteiger partial charge in [0.1, 0.15) is 5.75 Å². The van der Waals surface area contributed by atoms with Crippen molar-refractivity contribution in [3.8, 4) is 5.75 Å². The molecule has 28 heavy (non-hydrogen) atoms. The summed E-state index contributed by atoms with van der Waals surface area (Å²) < 4.78 is 11.5. The second-order valence-electron chi connectivity index (χ2n) is 6.42. The molecule has 0 N–H and O–H groups in total. The van der Waals surface area contributed by atoms with Gasteiger partial charge in [0.2, 0.25) is 11.8 Å². The number of hydrogen-bond donors (Lipinski definition) is 0. The third-order valence-corrected chi connectivity index (χ3v) is 5.10. The van der Waals surface area contributed by atoms with Gasteiger partial charge in [0.15, 0.2) is 5.70 Å². The molecule has 0 saturated carbocycles. The van der Waals surface area contributed by atoms with Gasteiger partial charge in [-0.05, 0) is 55.0 Å². The van der Waals surface area contributed by atoms with Gasteiger partial charge < -0.3 is 14.4 Å². The monoisotopic (exact) mass is 440 g/mol. The number of halogens is 1. The van der Waals surface area contributed by atoms with Crippen molar-refractivity contribution in [3.63, 3.8) is 0 Å². The minimum absolute atomic E-state index is 0.130. The predicted molar refractivity (Wildman–Crippen MR) is 109 cm³/mol. The number of esters is 1. The van der Waals surface area contributed by atoms with Gasteiger partial charge in [-0.2, -0.15) is 0 Å². The standard InChI is InChI=1S/C21H17BrN2O4/c1-27-18-9-6-15(22)11-14(18)12-17-21(26)28-20(23-17)13-4-7-16(8-5-13)24-10-2-3-19(24)25/h4-9,11-12H,2-3,10H2,1H3/b17-12+. The van der Waals surface area contributed by atoms with Crippen LogP contribution < -0.4 is 9.64 Å². The highest BCUT2D eigenvalue weighted by Gasteiger charge is 2.26. The summed E-state index contributed by atoms with van der Waals surface area (Å²) in [6.45, 7) is 0.732. The predicted octanol–water partition coefficient (Wildman–Crippen LogP) is 3.93. The van der Waals surface area contributed by atoms with E-state index in [1.54, 1.807) is 36.3 Å². The summed E-state index contributed by atoms with van der Waals surface area (Å²) in [6.07, 6.45) is 3.09. The number of amides is 1. The van der Waals surface area contributed by atoms with Crippen molar-refractivity contribution < 1.29 is 19.1 Å². The Morgan fingerprint density at radius 1 is 1.18 bits per heavy atom. The van der Waals surface area contributed by atoms with E-state index in [0.29, 0.717) is 17.7 Å². The number of aliphatic imine (C=N–C) groups is 1. The van der Waals surface area contributed by atoms with Gasteiger partial charge in [0.25, 0.3) is 0 Å². The number of benzene rings is 2. The Morgan fingerprint density at radius 3 is 2.64 bits per heavy atom. The molecule has 142 valence electrons. The highest BCUT2D eigenvalue weighted by molar-refractivity contribution is 9.10. The fourth-order valence-electron chi connectivity index (χ4n) is 3.20. The Bertz CT molecular complexity index is 1010. The number of nitrogens with zero attached hydrogens (tertiary/aromatic N) is 2. The molecular formula is C21H17BrN2O4. The molecule has 0 aromatic heterocycles. The highest BCUT2D eigenvalue weighted by atomic mass is 79.9. The summed E-state index contributed by atoms with van der Waals surface area (Å²) in [4.78, 5) is 30.2. The summed E-state index contributed by atoms with van der Waals surface area (Å²) >= 11 is 3.41. The van der Waals surface area contributed by atoms with E-state index in [0.717, 1.165) is 28.7 Å². The first-order valence-electron chi connectivity index (χ1n) is 8.82. The van der Waals surface area contributed by atoms with Gasteiger partial charge in [-0.15, -0.1) is 0 Å². The molecule has 0 spiro atoms. The number of cyclic esters (lactones) is 1. The van der Waals surface area contributed by atoms with Crippen LogP contribution in [0.4, 0.5) is 5.69 Å². The van der Waals surface area contributed by atoms with Crippen LogP contribution >= 0.6 is 15.9 Å². The van der Waals surface area contributed by atoms with Crippen molar-refractivity contribution in [2.24, 2.45) is 4.99 Å². The number of rotatable bonds is 4. The maximum atomic E-state index is 12.3. The molecule has 0 aliphatic carbocycles. The van der Waals surface area contributed by atoms with E-state index >= 15 is 0 Å². The van der Waals surface area contributed by atoms with Crippen LogP contribution in [0.3, 0.4) is 0 Å². The molecule has 2 aromatic rings. The lowest BCUT2D eigenvalue weighted by molar-refractivity contribution is -0.130. The Morgan fingerprint density at radius 2 is 1.96 bits per heavy atom. The summed E-state index contributed by atoms with van der Waals surface area (Å²) in [5, 5.41) is 0. The number of hydrogen-bond acceptors (Lipinski definition) is 5. The average Bonchev–Trinajstić information content (AvgIpc) is 3.28. The SMILES string of the molecule is COc1ccc(Br)cc1/C=C1/N=C(c2ccc(N3CCCC3=O)cc2)OC1=O. The van der Waals surface area contributed by atoms with Crippen LogP contribution in [-0.2, 0) is 14.3 Å². The van der Waals surface area contributed by atoms with Crippen molar-refractivity contribution in [2.75, 3.05) is 18.6 Å². The summed E-state index contributed by atoms with van der Waals surface area (Å²) in [5.74, 6) is 0.484. The normalized spacial score (nSPS) is 17.9. The third-order valence-electron chi connectivity index (χ3n) is 4.60. The highest BCUT2D eigenvalue weighted by Crippen LogP contribution is 2.28. The lowest BCUT2D eigenvalue weighted by Crippen LogP contribution is -2.23. The van der Waals surface area contributed by atoms with Crippen LogP contribution in [-0.4, -0.2) is 31.4 Å². The first-order chi connectivity index (χ1) is 13.5. The van der Waals surface area contributed by atoms with Crippen molar-refractivity contribution in [2.45, 2.75) is 12.8 Å². The fraction of sp³-hybridized carbons (Fsp3) is 0.190. The van der Waals surface area contributed by atoms with E-state index < -0.39 is 5.97 Å². The van der Waals surface area contributed by atoms with E-state index in [1.165, 1.54) is 0 Å². The van der Waals surface area contributed by atoms with Crippen LogP contribution in [0, 0.1) is 0 Å². The summed E-state index contributed by atoms with van der Waals surface area (Å²) in [6, 6.07) is 12.8. The smallest absolute Gasteiger partial charge is 0.363 e. The van der Waals surface area contributed by atoms with E-state index in [-0.39, 0.29) is 17.5 Å². The van der Waals surface area contributed by atoms with Gasteiger partial charge >= 0.3 is 5.97 Å². The van der Waals surface area contributed by atoms with Crippen molar-refractivity contribution in [1.82, 2.24) is 0 Å². The molecule has 1 saturated heterocycles. The first-order valence-corrected chi connectivity index (χ1v) is 9.61. The molecular weight excluding hydrogens is 424 g/mol. The van der Waals surface area contributed by atoms with E-state index in [9.17, 15) is 9.59 Å². The molecule has 2 aromatic carbocycles. The van der Waals surface area contributed by atoms with Crippen LogP contribution in [0.25, 0.3) is 6.08 Å². The summed E-state index contributed by atoms with van der Waals surface area (Å²) in [5.41, 5.74) is 2.43. The van der Waals surface area contributed by atoms with Crippen LogP contribution in [0.15, 0.2) is 57.6 Å². The minimum Gasteiger partial charge on any atom is -0.496 e. The molecule has 7 heteroatoms. The topological polar surface area (TPSA) is 68.2 Å².